The first kappa shape index (κ1) is 19.2. The zero-order valence-corrected chi connectivity index (χ0v) is 15.5. The summed E-state index contributed by atoms with van der Waals surface area (Å²) in [5.41, 5.74) is 1.27. The van der Waals surface area contributed by atoms with Crippen molar-refractivity contribution in [3.8, 4) is 0 Å². The summed E-state index contributed by atoms with van der Waals surface area (Å²) in [7, 11) is 1.69. The highest BCUT2D eigenvalue weighted by atomic mass is 127. The van der Waals surface area contributed by atoms with Crippen molar-refractivity contribution in [2.75, 3.05) is 13.6 Å². The van der Waals surface area contributed by atoms with Gasteiger partial charge in [-0.15, -0.1) is 35.3 Å². The Morgan fingerprint density at radius 3 is 2.60 bits per heavy atom. The van der Waals surface area contributed by atoms with Gasteiger partial charge in [0, 0.05) is 18.0 Å². The number of carbonyl (C=O) groups excluding carboxylic acids is 1. The molecule has 20 heavy (non-hydrogen) atoms. The number of carbonyl (C=O) groups is 1. The molecule has 0 spiro atoms. The van der Waals surface area contributed by atoms with E-state index in [1.165, 1.54) is 10.4 Å². The van der Waals surface area contributed by atoms with Crippen LogP contribution in [0.4, 0.5) is 0 Å². The first-order chi connectivity index (χ1) is 9.02. The van der Waals surface area contributed by atoms with E-state index in [1.807, 2.05) is 13.8 Å². The second-order valence-corrected chi connectivity index (χ2v) is 5.53. The zero-order valence-electron chi connectivity index (χ0n) is 12.3. The van der Waals surface area contributed by atoms with Crippen LogP contribution in [-0.2, 0) is 11.3 Å². The molecule has 0 aliphatic rings. The second kappa shape index (κ2) is 9.98. The predicted octanol–water partition coefficient (Wildman–Crippen LogP) is 1.86. The molecule has 0 unspecified atom stereocenters. The molecule has 0 aromatic carbocycles. The first-order valence-corrected chi connectivity index (χ1v) is 7.17. The third kappa shape index (κ3) is 7.09. The van der Waals surface area contributed by atoms with Gasteiger partial charge in [-0.25, -0.2) is 0 Å². The lowest BCUT2D eigenvalue weighted by atomic mass is 10.3. The highest BCUT2D eigenvalue weighted by Gasteiger charge is 2.05. The third-order valence-corrected chi connectivity index (χ3v) is 3.50. The van der Waals surface area contributed by atoms with Gasteiger partial charge in [-0.2, -0.15) is 0 Å². The van der Waals surface area contributed by atoms with Crippen LogP contribution in [0.5, 0.6) is 0 Å². The molecule has 1 amide bonds. The van der Waals surface area contributed by atoms with Gasteiger partial charge in [-0.3, -0.25) is 9.79 Å². The number of amides is 1. The molecule has 1 aromatic heterocycles. The molecule has 7 heteroatoms. The van der Waals surface area contributed by atoms with E-state index in [4.69, 9.17) is 0 Å². The number of rotatable bonds is 5. The Balaban J connectivity index is 0.00000361. The molecule has 5 nitrogen and oxygen atoms in total. The van der Waals surface area contributed by atoms with Crippen molar-refractivity contribution in [3.05, 3.63) is 21.9 Å². The molecule has 0 saturated heterocycles. The molecule has 0 saturated carbocycles. The van der Waals surface area contributed by atoms with Crippen LogP contribution in [0.25, 0.3) is 0 Å². The second-order valence-electron chi connectivity index (χ2n) is 4.53. The average Bonchev–Trinajstić information content (AvgIpc) is 2.74. The van der Waals surface area contributed by atoms with Gasteiger partial charge in [0.15, 0.2) is 5.96 Å². The number of aryl methyl sites for hydroxylation is 1. The molecule has 0 atom stereocenters. The Morgan fingerprint density at radius 1 is 1.40 bits per heavy atom. The molecule has 1 rings (SSSR count). The fourth-order valence-corrected chi connectivity index (χ4v) is 2.35. The summed E-state index contributed by atoms with van der Waals surface area (Å²) in [6, 6.07) is 2.24. The van der Waals surface area contributed by atoms with Gasteiger partial charge in [0.2, 0.25) is 5.91 Å². The van der Waals surface area contributed by atoms with Gasteiger partial charge in [0.25, 0.3) is 0 Å². The molecule has 0 fully saturated rings. The number of hydrogen-bond acceptors (Lipinski definition) is 3. The predicted molar refractivity (Wildman–Crippen MR) is 96.0 cm³/mol. The number of halogens is 1. The van der Waals surface area contributed by atoms with Crippen molar-refractivity contribution in [2.24, 2.45) is 4.99 Å². The number of aliphatic imine (C=N–C) groups is 1. The summed E-state index contributed by atoms with van der Waals surface area (Å²) >= 11 is 1.71. The van der Waals surface area contributed by atoms with Crippen LogP contribution in [0.15, 0.2) is 16.4 Å². The van der Waals surface area contributed by atoms with Crippen LogP contribution < -0.4 is 16.0 Å². The number of thiophene rings is 1. The molecular formula is C13H23IN4OS. The lowest BCUT2D eigenvalue weighted by Gasteiger charge is -2.13. The van der Waals surface area contributed by atoms with E-state index in [-0.39, 0.29) is 42.5 Å². The van der Waals surface area contributed by atoms with Crippen LogP contribution in [0.2, 0.25) is 0 Å². The Labute approximate surface area is 141 Å². The number of nitrogens with one attached hydrogen (secondary N) is 3. The maximum absolute atomic E-state index is 11.5. The highest BCUT2D eigenvalue weighted by Crippen LogP contribution is 2.14. The quantitative estimate of drug-likeness (QED) is 0.395. The summed E-state index contributed by atoms with van der Waals surface area (Å²) in [6.45, 7) is 6.89. The van der Waals surface area contributed by atoms with Gasteiger partial charge < -0.3 is 16.0 Å². The molecule has 0 bridgehead atoms. The van der Waals surface area contributed by atoms with Crippen molar-refractivity contribution in [2.45, 2.75) is 33.4 Å². The smallest absolute Gasteiger partial charge is 0.239 e. The topological polar surface area (TPSA) is 65.5 Å². The average molecular weight is 410 g/mol. The first-order valence-electron chi connectivity index (χ1n) is 6.29. The summed E-state index contributed by atoms with van der Waals surface area (Å²) in [4.78, 5) is 16.9. The lowest BCUT2D eigenvalue weighted by molar-refractivity contribution is -0.120. The Bertz CT molecular complexity index is 445. The number of guanidine groups is 1. The Morgan fingerprint density at radius 2 is 2.10 bits per heavy atom. The summed E-state index contributed by atoms with van der Waals surface area (Å²) in [5.74, 6) is 0.594. The fraction of sp³-hybridized carbons (Fsp3) is 0.538. The number of nitrogens with zero attached hydrogens (tertiary/aromatic N) is 1. The summed E-state index contributed by atoms with van der Waals surface area (Å²) in [6.07, 6.45) is 0. The van der Waals surface area contributed by atoms with Crippen LogP contribution in [0, 0.1) is 6.92 Å². The normalized spacial score (nSPS) is 10.9. The minimum Gasteiger partial charge on any atom is -0.352 e. The standard InChI is InChI=1S/C13H22N4OS.HI/c1-9(2)17-12(18)8-16-13(14-4)15-7-11-10(3)5-6-19-11;/h5-6,9H,7-8H2,1-4H3,(H,17,18)(H2,14,15,16);1H. The van der Waals surface area contributed by atoms with Crippen LogP contribution in [-0.4, -0.2) is 31.5 Å². The Hall–Kier alpha value is -0.830. The maximum Gasteiger partial charge on any atom is 0.239 e. The minimum atomic E-state index is -0.0368. The molecule has 1 aromatic rings. The van der Waals surface area contributed by atoms with Gasteiger partial charge in [0.05, 0.1) is 13.1 Å². The van der Waals surface area contributed by atoms with E-state index < -0.39 is 0 Å². The van der Waals surface area contributed by atoms with Gasteiger partial charge >= 0.3 is 0 Å². The Kier molecular flexibility index (Phi) is 9.56. The van der Waals surface area contributed by atoms with Gasteiger partial charge in [-0.1, -0.05) is 0 Å². The minimum absolute atomic E-state index is 0. The maximum atomic E-state index is 11.5. The molecule has 0 radical (unpaired) electrons. The summed E-state index contributed by atoms with van der Waals surface area (Å²) < 4.78 is 0. The molecule has 0 aliphatic carbocycles. The largest absolute Gasteiger partial charge is 0.352 e. The van der Waals surface area contributed by atoms with E-state index in [2.05, 4.69) is 39.3 Å². The highest BCUT2D eigenvalue weighted by molar-refractivity contribution is 14.0. The van der Waals surface area contributed by atoms with E-state index >= 15 is 0 Å². The molecule has 114 valence electrons. The van der Waals surface area contributed by atoms with E-state index in [0.717, 1.165) is 6.54 Å². The molecular weight excluding hydrogens is 387 g/mol. The SMILES string of the molecule is CN=C(NCC(=O)NC(C)C)NCc1sccc1C.I. The third-order valence-electron chi connectivity index (χ3n) is 2.47. The van der Waals surface area contributed by atoms with Crippen molar-refractivity contribution in [1.82, 2.24) is 16.0 Å². The van der Waals surface area contributed by atoms with Crippen molar-refractivity contribution < 1.29 is 4.79 Å². The van der Waals surface area contributed by atoms with E-state index in [0.29, 0.717) is 5.96 Å². The summed E-state index contributed by atoms with van der Waals surface area (Å²) in [5, 5.41) is 11.1. The zero-order chi connectivity index (χ0) is 14.3. The van der Waals surface area contributed by atoms with Crippen molar-refractivity contribution >= 4 is 47.2 Å². The van der Waals surface area contributed by atoms with Gasteiger partial charge in [-0.05, 0) is 37.8 Å². The number of hydrogen-bond donors (Lipinski definition) is 3. The molecule has 1 heterocycles. The van der Waals surface area contributed by atoms with Crippen molar-refractivity contribution in [1.29, 1.82) is 0 Å². The van der Waals surface area contributed by atoms with Gasteiger partial charge in [0.1, 0.15) is 0 Å². The lowest BCUT2D eigenvalue weighted by Crippen LogP contribution is -2.44. The fourth-order valence-electron chi connectivity index (χ4n) is 1.51. The van der Waals surface area contributed by atoms with Crippen LogP contribution in [0.1, 0.15) is 24.3 Å². The van der Waals surface area contributed by atoms with Crippen molar-refractivity contribution in [3.63, 3.8) is 0 Å². The molecule has 3 N–H and O–H groups in total. The van der Waals surface area contributed by atoms with Crippen LogP contribution in [0.3, 0.4) is 0 Å². The van der Waals surface area contributed by atoms with Crippen LogP contribution >= 0.6 is 35.3 Å². The van der Waals surface area contributed by atoms with E-state index in [9.17, 15) is 4.79 Å². The van der Waals surface area contributed by atoms with E-state index in [1.54, 1.807) is 18.4 Å². The monoisotopic (exact) mass is 410 g/mol. The molecule has 0 aliphatic heterocycles.